The molecule has 0 aliphatic carbocycles. The number of benzene rings is 1. The summed E-state index contributed by atoms with van der Waals surface area (Å²) >= 11 is 3.57. The minimum atomic E-state index is 0. The van der Waals surface area contributed by atoms with Gasteiger partial charge in [-0.1, -0.05) is 18.2 Å². The van der Waals surface area contributed by atoms with Gasteiger partial charge in [0.2, 0.25) is 0 Å². The van der Waals surface area contributed by atoms with Crippen molar-refractivity contribution in [2.45, 2.75) is 32.2 Å². The third-order valence-corrected chi connectivity index (χ3v) is 5.27. The van der Waals surface area contributed by atoms with E-state index in [-0.39, 0.29) is 24.0 Å². The van der Waals surface area contributed by atoms with Gasteiger partial charge in [-0.3, -0.25) is 0 Å². The normalized spacial score (nSPS) is 11.0. The highest BCUT2D eigenvalue weighted by molar-refractivity contribution is 14.0. The fraction of sp³-hybridized carbons (Fsp3) is 0.412. The number of rotatable bonds is 7. The number of aliphatic imine (C=N–C) groups is 1. The van der Waals surface area contributed by atoms with Crippen molar-refractivity contribution in [2.75, 3.05) is 18.8 Å². The molecule has 1 aromatic carbocycles. The summed E-state index contributed by atoms with van der Waals surface area (Å²) in [5.41, 5.74) is 1.11. The number of halogens is 1. The van der Waals surface area contributed by atoms with Crippen LogP contribution in [0.25, 0.3) is 0 Å². The zero-order valence-corrected chi connectivity index (χ0v) is 18.3. The Morgan fingerprint density at radius 3 is 2.58 bits per heavy atom. The van der Waals surface area contributed by atoms with E-state index in [0.29, 0.717) is 6.54 Å². The maximum absolute atomic E-state index is 4.62. The number of thiazole rings is 1. The van der Waals surface area contributed by atoms with Gasteiger partial charge in [0.1, 0.15) is 5.01 Å². The number of guanidine groups is 1. The first kappa shape index (κ1) is 21.2. The lowest BCUT2D eigenvalue weighted by Crippen LogP contribution is -2.38. The molecule has 132 valence electrons. The largest absolute Gasteiger partial charge is 0.357 e. The third-order valence-electron chi connectivity index (χ3n) is 3.20. The van der Waals surface area contributed by atoms with Crippen LogP contribution in [0.5, 0.6) is 0 Å². The van der Waals surface area contributed by atoms with Gasteiger partial charge in [-0.25, -0.2) is 9.98 Å². The van der Waals surface area contributed by atoms with Crippen molar-refractivity contribution in [3.05, 3.63) is 45.9 Å². The highest BCUT2D eigenvalue weighted by Crippen LogP contribution is 2.17. The Hall–Kier alpha value is -0.800. The van der Waals surface area contributed by atoms with Crippen molar-refractivity contribution >= 4 is 53.0 Å². The molecule has 0 fully saturated rings. The van der Waals surface area contributed by atoms with Gasteiger partial charge in [-0.05, 0) is 32.9 Å². The molecule has 4 nitrogen and oxygen atoms in total. The topological polar surface area (TPSA) is 49.3 Å². The van der Waals surface area contributed by atoms with Crippen LogP contribution in [-0.2, 0) is 6.54 Å². The third kappa shape index (κ3) is 7.40. The first-order valence-corrected chi connectivity index (χ1v) is 9.62. The van der Waals surface area contributed by atoms with Crippen LogP contribution >= 0.6 is 47.1 Å². The highest BCUT2D eigenvalue weighted by Gasteiger charge is 2.03. The fourth-order valence-electron chi connectivity index (χ4n) is 1.95. The Bertz CT molecular complexity index is 609. The maximum Gasteiger partial charge on any atom is 0.191 e. The molecule has 1 heterocycles. The average Bonchev–Trinajstić information content (AvgIpc) is 2.88. The van der Waals surface area contributed by atoms with Crippen LogP contribution in [0.3, 0.4) is 0 Å². The van der Waals surface area contributed by atoms with E-state index >= 15 is 0 Å². The second-order valence-electron chi connectivity index (χ2n) is 5.03. The van der Waals surface area contributed by atoms with E-state index in [1.165, 1.54) is 9.77 Å². The van der Waals surface area contributed by atoms with Gasteiger partial charge >= 0.3 is 0 Å². The molecule has 0 amide bonds. The van der Waals surface area contributed by atoms with Crippen LogP contribution in [0, 0.1) is 13.8 Å². The molecule has 0 aliphatic heterocycles. The number of hydrogen-bond donors (Lipinski definition) is 2. The Morgan fingerprint density at radius 1 is 1.21 bits per heavy atom. The van der Waals surface area contributed by atoms with E-state index in [1.54, 1.807) is 11.3 Å². The summed E-state index contributed by atoms with van der Waals surface area (Å²) in [4.78, 5) is 11.7. The molecule has 2 aromatic rings. The molecule has 24 heavy (non-hydrogen) atoms. The smallest absolute Gasteiger partial charge is 0.191 e. The quantitative estimate of drug-likeness (QED) is 0.207. The van der Waals surface area contributed by atoms with E-state index in [2.05, 4.69) is 58.7 Å². The van der Waals surface area contributed by atoms with Gasteiger partial charge in [0, 0.05) is 28.6 Å². The van der Waals surface area contributed by atoms with E-state index in [4.69, 9.17) is 0 Å². The van der Waals surface area contributed by atoms with Crippen LogP contribution in [0.2, 0.25) is 0 Å². The number of aromatic nitrogens is 1. The molecule has 2 rings (SSSR count). The number of thioether (sulfide) groups is 1. The molecule has 0 saturated carbocycles. The molecule has 0 bridgehead atoms. The number of nitrogens with one attached hydrogen (secondary N) is 2. The second kappa shape index (κ2) is 11.7. The maximum atomic E-state index is 4.62. The summed E-state index contributed by atoms with van der Waals surface area (Å²) < 4.78 is 0. The number of nitrogens with zero attached hydrogens (tertiary/aromatic N) is 2. The molecule has 0 spiro atoms. The second-order valence-corrected chi connectivity index (χ2v) is 7.49. The molecule has 1 aromatic heterocycles. The van der Waals surface area contributed by atoms with Crippen molar-refractivity contribution in [3.8, 4) is 0 Å². The monoisotopic (exact) mass is 476 g/mol. The van der Waals surface area contributed by atoms with Crippen LogP contribution in [0.15, 0.2) is 40.2 Å². The molecule has 2 N–H and O–H groups in total. The Morgan fingerprint density at radius 2 is 1.96 bits per heavy atom. The molecule has 0 atom stereocenters. The Kier molecular flexibility index (Phi) is 10.4. The van der Waals surface area contributed by atoms with Crippen molar-refractivity contribution in [2.24, 2.45) is 4.99 Å². The minimum absolute atomic E-state index is 0. The highest BCUT2D eigenvalue weighted by atomic mass is 127. The number of aryl methyl sites for hydroxylation is 2. The summed E-state index contributed by atoms with van der Waals surface area (Å²) in [7, 11) is 0. The fourth-order valence-corrected chi connectivity index (χ4v) is 3.60. The predicted octanol–water partition coefficient (Wildman–Crippen LogP) is 4.23. The van der Waals surface area contributed by atoms with Gasteiger partial charge in [-0.15, -0.1) is 47.1 Å². The van der Waals surface area contributed by atoms with Crippen LogP contribution < -0.4 is 10.6 Å². The summed E-state index contributed by atoms with van der Waals surface area (Å²) in [5.74, 6) is 1.86. The van der Waals surface area contributed by atoms with Crippen molar-refractivity contribution < 1.29 is 0 Å². The van der Waals surface area contributed by atoms with Crippen molar-refractivity contribution in [1.29, 1.82) is 0 Å². The summed E-state index contributed by atoms with van der Waals surface area (Å²) in [6, 6.07) is 10.5. The predicted molar refractivity (Wildman–Crippen MR) is 117 cm³/mol. The lowest BCUT2D eigenvalue weighted by molar-refractivity contribution is 0.840. The molecule has 0 unspecified atom stereocenters. The van der Waals surface area contributed by atoms with Gasteiger partial charge in [0.05, 0.1) is 12.2 Å². The molecule has 0 saturated heterocycles. The van der Waals surface area contributed by atoms with Crippen LogP contribution in [0.1, 0.15) is 22.5 Å². The number of hydrogen-bond acceptors (Lipinski definition) is 4. The van der Waals surface area contributed by atoms with Gasteiger partial charge in [-0.2, -0.15) is 0 Å². The molecular weight excluding hydrogens is 451 g/mol. The van der Waals surface area contributed by atoms with Gasteiger partial charge < -0.3 is 10.6 Å². The average molecular weight is 476 g/mol. The van der Waals surface area contributed by atoms with E-state index in [0.717, 1.165) is 35.5 Å². The zero-order valence-electron chi connectivity index (χ0n) is 14.3. The van der Waals surface area contributed by atoms with Crippen LogP contribution in [0.4, 0.5) is 0 Å². The van der Waals surface area contributed by atoms with E-state index in [9.17, 15) is 0 Å². The molecule has 0 aliphatic rings. The van der Waals surface area contributed by atoms with Crippen LogP contribution in [-0.4, -0.2) is 29.8 Å². The van der Waals surface area contributed by atoms with Crippen molar-refractivity contribution in [3.63, 3.8) is 0 Å². The van der Waals surface area contributed by atoms with E-state index in [1.807, 2.05) is 24.8 Å². The zero-order chi connectivity index (χ0) is 16.5. The lowest BCUT2D eigenvalue weighted by atomic mass is 10.4. The molecular formula is C17H25IN4S2. The van der Waals surface area contributed by atoms with Gasteiger partial charge in [0.25, 0.3) is 0 Å². The van der Waals surface area contributed by atoms with E-state index < -0.39 is 0 Å². The summed E-state index contributed by atoms with van der Waals surface area (Å²) in [6.45, 7) is 8.58. The molecule has 7 heteroatoms. The van der Waals surface area contributed by atoms with Gasteiger partial charge in [0.15, 0.2) is 5.96 Å². The Balaban J connectivity index is 0.00000288. The Labute approximate surface area is 170 Å². The summed E-state index contributed by atoms with van der Waals surface area (Å²) in [6.07, 6.45) is 0. The first-order chi connectivity index (χ1) is 11.2. The first-order valence-electron chi connectivity index (χ1n) is 7.82. The molecule has 0 radical (unpaired) electrons. The van der Waals surface area contributed by atoms with Crippen molar-refractivity contribution in [1.82, 2.24) is 15.6 Å². The summed E-state index contributed by atoms with van der Waals surface area (Å²) in [5, 5.41) is 7.72. The minimum Gasteiger partial charge on any atom is -0.357 e. The lowest BCUT2D eigenvalue weighted by Gasteiger charge is -2.10. The SMILES string of the molecule is CCNC(=NCc1nc(C)c(C)s1)NCCSc1ccccc1.I. The standard InChI is InChI=1S/C17H24N4S2.HI/c1-4-18-17(20-12-16-21-13(2)14(3)23-16)19-10-11-22-15-8-6-5-7-9-15;/h5-9H,4,10-12H2,1-3H3,(H2,18,19,20);1H.